The van der Waals surface area contributed by atoms with E-state index < -0.39 is 0 Å². The second kappa shape index (κ2) is 7.66. The molecule has 0 aromatic carbocycles. The van der Waals surface area contributed by atoms with E-state index in [9.17, 15) is 4.79 Å². The van der Waals surface area contributed by atoms with Gasteiger partial charge in [0.25, 0.3) is 0 Å². The molecule has 0 aliphatic carbocycles. The molecule has 2 heteroatoms. The molecule has 0 rings (SSSR count). The number of carbonyl (C=O) groups excluding carboxylic acids is 1. The zero-order chi connectivity index (χ0) is 9.40. The van der Waals surface area contributed by atoms with Crippen LogP contribution in [0.5, 0.6) is 0 Å². The van der Waals surface area contributed by atoms with Gasteiger partial charge in [0.2, 0.25) is 0 Å². The number of hydrogen-bond acceptors (Lipinski definition) is 2. The maximum Gasteiger partial charge on any atom is 0.188 e. The molecule has 0 aromatic rings. The van der Waals surface area contributed by atoms with Crippen molar-refractivity contribution in [3.05, 3.63) is 0 Å². The summed E-state index contributed by atoms with van der Waals surface area (Å²) < 4.78 is 0. The second-order valence-corrected chi connectivity index (χ2v) is 4.66. The number of rotatable bonds is 6. The summed E-state index contributed by atoms with van der Waals surface area (Å²) >= 11 is 1.50. The molecule has 0 unspecified atom stereocenters. The SMILES string of the molecule is CCCCSC(=O)CCC(C)C. The normalized spacial score (nSPS) is 10.7. The monoisotopic (exact) mass is 188 g/mol. The Morgan fingerprint density at radius 3 is 2.58 bits per heavy atom. The molecular weight excluding hydrogens is 168 g/mol. The summed E-state index contributed by atoms with van der Waals surface area (Å²) in [5, 5.41) is 0.372. The van der Waals surface area contributed by atoms with E-state index in [-0.39, 0.29) is 0 Å². The molecule has 0 saturated heterocycles. The van der Waals surface area contributed by atoms with Crippen LogP contribution in [0.1, 0.15) is 46.5 Å². The van der Waals surface area contributed by atoms with E-state index in [1.54, 1.807) is 0 Å². The summed E-state index contributed by atoms with van der Waals surface area (Å²) in [5.41, 5.74) is 0. The lowest BCUT2D eigenvalue weighted by molar-refractivity contribution is -0.111. The minimum atomic E-state index is 0.372. The van der Waals surface area contributed by atoms with Crippen molar-refractivity contribution < 1.29 is 4.79 Å². The van der Waals surface area contributed by atoms with Crippen molar-refractivity contribution in [3.63, 3.8) is 0 Å². The van der Waals surface area contributed by atoms with E-state index in [0.717, 1.165) is 25.0 Å². The van der Waals surface area contributed by atoms with E-state index in [2.05, 4.69) is 20.8 Å². The molecule has 0 N–H and O–H groups in total. The number of hydrogen-bond donors (Lipinski definition) is 0. The van der Waals surface area contributed by atoms with Crippen molar-refractivity contribution in [1.82, 2.24) is 0 Å². The Morgan fingerprint density at radius 1 is 1.42 bits per heavy atom. The van der Waals surface area contributed by atoms with Crippen molar-refractivity contribution in [2.75, 3.05) is 5.75 Å². The van der Waals surface area contributed by atoms with Gasteiger partial charge in [-0.1, -0.05) is 39.0 Å². The average molecular weight is 188 g/mol. The van der Waals surface area contributed by atoms with Crippen LogP contribution < -0.4 is 0 Å². The molecule has 0 amide bonds. The first-order chi connectivity index (χ1) is 5.66. The third kappa shape index (κ3) is 8.12. The van der Waals surface area contributed by atoms with E-state index in [1.165, 1.54) is 18.2 Å². The Labute approximate surface area is 80.3 Å². The summed E-state index contributed by atoms with van der Waals surface area (Å²) in [5.74, 6) is 1.66. The lowest BCUT2D eigenvalue weighted by Gasteiger charge is -2.02. The highest BCUT2D eigenvalue weighted by Gasteiger charge is 2.03. The van der Waals surface area contributed by atoms with Crippen LogP contribution in [0.3, 0.4) is 0 Å². The molecular formula is C10H20OS. The predicted molar refractivity (Wildman–Crippen MR) is 56.4 cm³/mol. The highest BCUT2D eigenvalue weighted by molar-refractivity contribution is 8.13. The third-order valence-electron chi connectivity index (χ3n) is 1.69. The third-order valence-corrected chi connectivity index (χ3v) is 2.71. The summed E-state index contributed by atoms with van der Waals surface area (Å²) in [7, 11) is 0. The number of carbonyl (C=O) groups is 1. The Hall–Kier alpha value is 0.0200. The minimum absolute atomic E-state index is 0.372. The lowest BCUT2D eigenvalue weighted by atomic mass is 10.1. The van der Waals surface area contributed by atoms with Gasteiger partial charge < -0.3 is 0 Å². The van der Waals surface area contributed by atoms with Gasteiger partial charge in [-0.15, -0.1) is 0 Å². The van der Waals surface area contributed by atoms with Crippen LogP contribution >= 0.6 is 11.8 Å². The van der Waals surface area contributed by atoms with Gasteiger partial charge in [-0.25, -0.2) is 0 Å². The molecule has 0 fully saturated rings. The molecule has 0 radical (unpaired) electrons. The number of thioether (sulfide) groups is 1. The molecule has 0 spiro atoms. The molecule has 1 nitrogen and oxygen atoms in total. The Kier molecular flexibility index (Phi) is 7.67. The van der Waals surface area contributed by atoms with Gasteiger partial charge in [-0.05, 0) is 18.8 Å². The van der Waals surface area contributed by atoms with Crippen molar-refractivity contribution in [3.8, 4) is 0 Å². The number of unbranched alkanes of at least 4 members (excludes halogenated alkanes) is 1. The fourth-order valence-corrected chi connectivity index (χ4v) is 1.73. The summed E-state index contributed by atoms with van der Waals surface area (Å²) in [6, 6.07) is 0. The minimum Gasteiger partial charge on any atom is -0.287 e. The zero-order valence-corrected chi connectivity index (χ0v) is 9.25. The first-order valence-corrected chi connectivity index (χ1v) is 5.81. The fourth-order valence-electron chi connectivity index (χ4n) is 0.809. The van der Waals surface area contributed by atoms with Gasteiger partial charge >= 0.3 is 0 Å². The van der Waals surface area contributed by atoms with Gasteiger partial charge in [-0.2, -0.15) is 0 Å². The predicted octanol–water partition coefficient (Wildman–Crippen LogP) is 3.48. The van der Waals surface area contributed by atoms with Crippen molar-refractivity contribution in [1.29, 1.82) is 0 Å². The van der Waals surface area contributed by atoms with E-state index in [1.807, 2.05) is 0 Å². The van der Waals surface area contributed by atoms with Gasteiger partial charge in [0, 0.05) is 12.2 Å². The first-order valence-electron chi connectivity index (χ1n) is 4.82. The smallest absolute Gasteiger partial charge is 0.188 e. The van der Waals surface area contributed by atoms with Crippen LogP contribution in [-0.4, -0.2) is 10.9 Å². The lowest BCUT2D eigenvalue weighted by Crippen LogP contribution is -1.96. The van der Waals surface area contributed by atoms with Crippen LogP contribution in [0.2, 0.25) is 0 Å². The molecule has 72 valence electrons. The standard InChI is InChI=1S/C10H20OS/c1-4-5-8-12-10(11)7-6-9(2)3/h9H,4-8H2,1-3H3. The molecule has 0 aromatic heterocycles. The first kappa shape index (κ1) is 12.0. The van der Waals surface area contributed by atoms with Gasteiger partial charge in [0.1, 0.15) is 0 Å². The maximum atomic E-state index is 11.2. The highest BCUT2D eigenvalue weighted by atomic mass is 32.2. The van der Waals surface area contributed by atoms with E-state index in [0.29, 0.717) is 11.0 Å². The Bertz CT molecular complexity index is 121. The maximum absolute atomic E-state index is 11.2. The quantitative estimate of drug-likeness (QED) is 0.594. The molecule has 0 saturated carbocycles. The summed E-state index contributed by atoms with van der Waals surface area (Å²) in [6.07, 6.45) is 4.15. The van der Waals surface area contributed by atoms with Crippen LogP contribution in [0, 0.1) is 5.92 Å². The molecule has 0 aliphatic rings. The molecule has 12 heavy (non-hydrogen) atoms. The van der Waals surface area contributed by atoms with Crippen molar-refractivity contribution in [2.24, 2.45) is 5.92 Å². The zero-order valence-electron chi connectivity index (χ0n) is 8.43. The second-order valence-electron chi connectivity index (χ2n) is 3.51. The van der Waals surface area contributed by atoms with Crippen LogP contribution in [0.4, 0.5) is 0 Å². The highest BCUT2D eigenvalue weighted by Crippen LogP contribution is 2.13. The van der Waals surface area contributed by atoms with E-state index in [4.69, 9.17) is 0 Å². The van der Waals surface area contributed by atoms with E-state index >= 15 is 0 Å². The average Bonchev–Trinajstić information content (AvgIpc) is 2.01. The Morgan fingerprint density at radius 2 is 2.08 bits per heavy atom. The van der Waals surface area contributed by atoms with Crippen LogP contribution in [0.25, 0.3) is 0 Å². The summed E-state index contributed by atoms with van der Waals surface area (Å²) in [4.78, 5) is 11.2. The molecule has 0 heterocycles. The van der Waals surface area contributed by atoms with Crippen molar-refractivity contribution in [2.45, 2.75) is 46.5 Å². The Balaban J connectivity index is 3.22. The summed E-state index contributed by atoms with van der Waals surface area (Å²) in [6.45, 7) is 6.47. The fraction of sp³-hybridized carbons (Fsp3) is 0.900. The van der Waals surface area contributed by atoms with Crippen LogP contribution in [-0.2, 0) is 4.79 Å². The molecule has 0 atom stereocenters. The van der Waals surface area contributed by atoms with Gasteiger partial charge in [-0.3, -0.25) is 4.79 Å². The van der Waals surface area contributed by atoms with Crippen molar-refractivity contribution >= 4 is 16.9 Å². The van der Waals surface area contributed by atoms with Crippen LogP contribution in [0.15, 0.2) is 0 Å². The largest absolute Gasteiger partial charge is 0.287 e. The molecule has 0 bridgehead atoms. The van der Waals surface area contributed by atoms with Gasteiger partial charge in [0.05, 0.1) is 0 Å². The van der Waals surface area contributed by atoms with Gasteiger partial charge in [0.15, 0.2) is 5.12 Å². The molecule has 0 aliphatic heterocycles. The topological polar surface area (TPSA) is 17.1 Å².